The van der Waals surface area contributed by atoms with E-state index in [2.05, 4.69) is 45.9 Å². The van der Waals surface area contributed by atoms with Crippen LogP contribution < -0.4 is 4.90 Å². The first-order valence-electron chi connectivity index (χ1n) is 6.98. The molecule has 118 valence electrons. The SMILES string of the molecule is Cc1ccc2nc(N=Nc3ccc(N(C)C)cc3SS)sc2c1. The molecule has 0 unspecified atom stereocenters. The monoisotopic (exact) mass is 360 g/mol. The highest BCUT2D eigenvalue weighted by Crippen LogP contribution is 2.36. The summed E-state index contributed by atoms with van der Waals surface area (Å²) in [5, 5.41) is 9.31. The summed E-state index contributed by atoms with van der Waals surface area (Å²) in [5.41, 5.74) is 4.08. The Kier molecular flexibility index (Phi) is 4.89. The maximum atomic E-state index is 4.49. The molecule has 0 fully saturated rings. The maximum absolute atomic E-state index is 4.49. The van der Waals surface area contributed by atoms with E-state index in [1.807, 2.05) is 43.3 Å². The molecule has 7 heteroatoms. The van der Waals surface area contributed by atoms with Crippen LogP contribution in [0.4, 0.5) is 16.5 Å². The quantitative estimate of drug-likeness (QED) is 0.351. The molecule has 3 aromatic rings. The molecule has 0 spiro atoms. The van der Waals surface area contributed by atoms with Gasteiger partial charge in [-0.1, -0.05) is 28.2 Å². The number of thiazole rings is 1. The van der Waals surface area contributed by atoms with Gasteiger partial charge in [0.05, 0.1) is 10.2 Å². The van der Waals surface area contributed by atoms with Crippen molar-refractivity contribution < 1.29 is 0 Å². The van der Waals surface area contributed by atoms with Crippen molar-refractivity contribution in [3.63, 3.8) is 0 Å². The van der Waals surface area contributed by atoms with Gasteiger partial charge in [0.25, 0.3) is 0 Å². The van der Waals surface area contributed by atoms with Gasteiger partial charge in [0.1, 0.15) is 5.69 Å². The van der Waals surface area contributed by atoms with Crippen molar-refractivity contribution in [3.05, 3.63) is 42.0 Å². The highest BCUT2D eigenvalue weighted by molar-refractivity contribution is 8.68. The Morgan fingerprint density at radius 1 is 1.13 bits per heavy atom. The minimum absolute atomic E-state index is 0.664. The summed E-state index contributed by atoms with van der Waals surface area (Å²) in [6, 6.07) is 12.2. The van der Waals surface area contributed by atoms with Crippen LogP contribution in [0.3, 0.4) is 0 Å². The van der Waals surface area contributed by atoms with Crippen LogP contribution in [0.25, 0.3) is 10.2 Å². The molecule has 0 saturated carbocycles. The van der Waals surface area contributed by atoms with E-state index in [-0.39, 0.29) is 0 Å². The minimum Gasteiger partial charge on any atom is -0.378 e. The second-order valence-electron chi connectivity index (χ2n) is 5.31. The molecular formula is C16H16N4S3. The van der Waals surface area contributed by atoms with Gasteiger partial charge >= 0.3 is 0 Å². The zero-order chi connectivity index (χ0) is 16.4. The van der Waals surface area contributed by atoms with Crippen LogP contribution in [0.2, 0.25) is 0 Å². The molecule has 0 aliphatic rings. The lowest BCUT2D eigenvalue weighted by Gasteiger charge is -2.13. The average molecular weight is 361 g/mol. The van der Waals surface area contributed by atoms with Crippen molar-refractivity contribution in [3.8, 4) is 0 Å². The third-order valence-electron chi connectivity index (χ3n) is 3.33. The summed E-state index contributed by atoms with van der Waals surface area (Å²) in [6.45, 7) is 2.07. The van der Waals surface area contributed by atoms with Gasteiger partial charge in [-0.3, -0.25) is 0 Å². The van der Waals surface area contributed by atoms with Crippen molar-refractivity contribution in [1.29, 1.82) is 0 Å². The fourth-order valence-electron chi connectivity index (χ4n) is 2.10. The lowest BCUT2D eigenvalue weighted by Crippen LogP contribution is -2.08. The number of azo groups is 1. The zero-order valence-corrected chi connectivity index (χ0v) is 15.5. The number of benzene rings is 2. The van der Waals surface area contributed by atoms with E-state index in [1.54, 1.807) is 11.3 Å². The standard InChI is InChI=1S/C16H16N4S3/c1-10-4-6-12-14(8-10)22-16(17-12)19-18-13-7-5-11(20(2)3)9-15(13)23-21/h4-9,21H,1-3H3. The number of rotatable bonds is 4. The van der Waals surface area contributed by atoms with E-state index in [0.29, 0.717) is 5.13 Å². The van der Waals surface area contributed by atoms with Crippen molar-refractivity contribution in [2.75, 3.05) is 19.0 Å². The molecule has 1 aromatic heterocycles. The third-order valence-corrected chi connectivity index (χ3v) is 5.35. The molecule has 0 aliphatic heterocycles. The molecule has 0 saturated heterocycles. The number of hydrogen-bond acceptors (Lipinski definition) is 7. The molecule has 0 bridgehead atoms. The Morgan fingerprint density at radius 2 is 1.96 bits per heavy atom. The Bertz CT molecular complexity index is 871. The minimum atomic E-state index is 0.664. The number of hydrogen-bond donors (Lipinski definition) is 1. The van der Waals surface area contributed by atoms with Crippen molar-refractivity contribution >= 4 is 60.5 Å². The molecule has 0 radical (unpaired) electrons. The van der Waals surface area contributed by atoms with Gasteiger partial charge in [-0.15, -0.1) is 21.9 Å². The molecule has 23 heavy (non-hydrogen) atoms. The van der Waals surface area contributed by atoms with Crippen LogP contribution in [-0.2, 0) is 0 Å². The van der Waals surface area contributed by atoms with Gasteiger partial charge in [-0.05, 0) is 42.8 Å². The smallest absolute Gasteiger partial charge is 0.231 e. The topological polar surface area (TPSA) is 40.9 Å². The Hall–Kier alpha value is -1.57. The van der Waals surface area contributed by atoms with Gasteiger partial charge in [-0.25, -0.2) is 4.98 Å². The molecule has 0 aliphatic carbocycles. The first kappa shape index (κ1) is 16.3. The summed E-state index contributed by atoms with van der Waals surface area (Å²) < 4.78 is 1.13. The normalized spacial score (nSPS) is 11.5. The fourth-order valence-corrected chi connectivity index (χ4v) is 3.80. The molecule has 0 atom stereocenters. The van der Waals surface area contributed by atoms with Gasteiger partial charge in [0.2, 0.25) is 5.13 Å². The van der Waals surface area contributed by atoms with E-state index < -0.39 is 0 Å². The summed E-state index contributed by atoms with van der Waals surface area (Å²) >= 11 is 5.86. The predicted molar refractivity (Wildman–Crippen MR) is 104 cm³/mol. The summed E-state index contributed by atoms with van der Waals surface area (Å²) in [5.74, 6) is 0. The third kappa shape index (κ3) is 3.68. The van der Waals surface area contributed by atoms with Crippen LogP contribution in [0, 0.1) is 6.92 Å². The molecule has 0 amide bonds. The number of aryl methyl sites for hydroxylation is 1. The van der Waals surface area contributed by atoms with Crippen LogP contribution in [0.1, 0.15) is 5.56 Å². The van der Waals surface area contributed by atoms with E-state index in [1.165, 1.54) is 16.4 Å². The summed E-state index contributed by atoms with van der Waals surface area (Å²) in [6.07, 6.45) is 0. The van der Waals surface area contributed by atoms with E-state index >= 15 is 0 Å². The maximum Gasteiger partial charge on any atom is 0.231 e. The highest BCUT2D eigenvalue weighted by atomic mass is 33.1. The molecule has 3 rings (SSSR count). The predicted octanol–water partition coefficient (Wildman–Crippen LogP) is 6.02. The summed E-state index contributed by atoms with van der Waals surface area (Å²) in [4.78, 5) is 7.51. The fraction of sp³-hybridized carbons (Fsp3) is 0.188. The van der Waals surface area contributed by atoms with E-state index in [0.717, 1.165) is 26.5 Å². The first-order chi connectivity index (χ1) is 11.1. The number of nitrogens with zero attached hydrogens (tertiary/aromatic N) is 4. The zero-order valence-electron chi connectivity index (χ0n) is 13.0. The van der Waals surface area contributed by atoms with Crippen molar-refractivity contribution in [1.82, 2.24) is 4.98 Å². The lowest BCUT2D eigenvalue weighted by molar-refractivity contribution is 1.11. The number of aromatic nitrogens is 1. The van der Waals surface area contributed by atoms with Gasteiger partial charge in [0, 0.05) is 24.7 Å². The number of anilines is 1. The molecule has 2 aromatic carbocycles. The molecule has 4 nitrogen and oxygen atoms in total. The Labute approximate surface area is 148 Å². The van der Waals surface area contributed by atoms with Gasteiger partial charge in [-0.2, -0.15) is 0 Å². The van der Waals surface area contributed by atoms with E-state index in [4.69, 9.17) is 0 Å². The number of fused-ring (bicyclic) bond motifs is 1. The number of thiol groups is 1. The Morgan fingerprint density at radius 3 is 2.70 bits per heavy atom. The van der Waals surface area contributed by atoms with Crippen LogP contribution in [-0.4, -0.2) is 19.1 Å². The van der Waals surface area contributed by atoms with Crippen molar-refractivity contribution in [2.45, 2.75) is 11.8 Å². The van der Waals surface area contributed by atoms with Crippen LogP contribution >= 0.6 is 33.8 Å². The lowest BCUT2D eigenvalue weighted by atomic mass is 10.2. The van der Waals surface area contributed by atoms with Crippen molar-refractivity contribution in [2.24, 2.45) is 10.2 Å². The van der Waals surface area contributed by atoms with Gasteiger partial charge in [0.15, 0.2) is 0 Å². The van der Waals surface area contributed by atoms with Crippen LogP contribution in [0.15, 0.2) is 51.5 Å². The first-order valence-corrected chi connectivity index (χ1v) is 9.67. The average Bonchev–Trinajstić information content (AvgIpc) is 2.94. The Balaban J connectivity index is 1.91. The van der Waals surface area contributed by atoms with Gasteiger partial charge < -0.3 is 4.90 Å². The van der Waals surface area contributed by atoms with Crippen LogP contribution in [0.5, 0.6) is 0 Å². The largest absolute Gasteiger partial charge is 0.378 e. The second kappa shape index (κ2) is 6.90. The highest BCUT2D eigenvalue weighted by Gasteiger charge is 2.06. The molecule has 1 heterocycles. The summed E-state index contributed by atoms with van der Waals surface area (Å²) in [7, 11) is 5.38. The second-order valence-corrected chi connectivity index (χ2v) is 7.48. The molecular weight excluding hydrogens is 344 g/mol. The molecule has 0 N–H and O–H groups in total. The van der Waals surface area contributed by atoms with E-state index in [9.17, 15) is 0 Å².